The van der Waals surface area contributed by atoms with E-state index in [-0.39, 0.29) is 35.4 Å². The summed E-state index contributed by atoms with van der Waals surface area (Å²) >= 11 is 5.98. The van der Waals surface area contributed by atoms with E-state index in [2.05, 4.69) is 0 Å². The summed E-state index contributed by atoms with van der Waals surface area (Å²) < 4.78 is 0. The predicted molar refractivity (Wildman–Crippen MR) is 150 cm³/mol. The van der Waals surface area contributed by atoms with Gasteiger partial charge in [-0.15, -0.1) is 46.2 Å². The Morgan fingerprint density at radius 2 is 1.19 bits per heavy atom. The summed E-state index contributed by atoms with van der Waals surface area (Å²) in [5.74, 6) is -0.626. The van der Waals surface area contributed by atoms with Crippen LogP contribution >= 0.6 is 67.8 Å². The monoisotopic (exact) mass is 604 g/mol. The number of hydrogen-bond acceptors (Lipinski definition) is 10. The van der Waals surface area contributed by atoms with Gasteiger partial charge in [-0.1, -0.05) is 33.7 Å². The normalized spacial score (nSPS) is 23.8. The van der Waals surface area contributed by atoms with Crippen LogP contribution in [0.4, 0.5) is 0 Å². The number of hydrogen-bond donors (Lipinski definition) is 2. The molecule has 4 rings (SSSR count). The number of carbonyl (C=O) groups excluding carboxylic acids is 2. The van der Waals surface area contributed by atoms with Gasteiger partial charge in [-0.25, -0.2) is 9.59 Å². The molecule has 0 aromatic carbocycles. The van der Waals surface area contributed by atoms with E-state index in [0.717, 1.165) is 9.75 Å². The fourth-order valence-electron chi connectivity index (χ4n) is 3.94. The molecule has 14 heteroatoms. The molecular formula is C22H24N2O6S6. The summed E-state index contributed by atoms with van der Waals surface area (Å²) in [6.45, 7) is 0. The minimum absolute atomic E-state index is 0.188. The number of thiophene rings is 2. The number of thioether (sulfide) groups is 2. The van der Waals surface area contributed by atoms with Crippen molar-refractivity contribution in [2.45, 2.75) is 35.7 Å². The highest BCUT2D eigenvalue weighted by Gasteiger charge is 2.43. The number of rotatable bonds is 11. The zero-order chi connectivity index (χ0) is 25.7. The van der Waals surface area contributed by atoms with Crippen molar-refractivity contribution in [1.29, 1.82) is 0 Å². The van der Waals surface area contributed by atoms with Gasteiger partial charge < -0.3 is 20.0 Å². The molecule has 0 radical (unpaired) electrons. The van der Waals surface area contributed by atoms with Crippen LogP contribution in [0.25, 0.3) is 0 Å². The first-order valence-corrected chi connectivity index (χ1v) is 17.3. The summed E-state index contributed by atoms with van der Waals surface area (Å²) in [5.41, 5.74) is 0. The Bertz CT molecular complexity index is 981. The van der Waals surface area contributed by atoms with Crippen LogP contribution in [0.5, 0.6) is 0 Å². The highest BCUT2D eigenvalue weighted by molar-refractivity contribution is 8.76. The molecule has 2 aliphatic heterocycles. The molecule has 2 aromatic heterocycles. The third kappa shape index (κ3) is 6.38. The molecule has 4 atom stereocenters. The van der Waals surface area contributed by atoms with Gasteiger partial charge in [-0.3, -0.25) is 9.59 Å². The number of carboxylic acid groups (broad SMARTS) is 2. The fraction of sp³-hybridized carbons (Fsp3) is 0.455. The standard InChI is InChI=1S/C22H24N2O6S6/c25-17(23-13(21(27)28)11-33-19(23)15-3-1-7-31-15)5-9-35-36-10-6-18(26)24-14(22(29)30)12-34-20(24)16-4-2-8-32-16/h1-4,7-8,13-14,19-20H,5-6,9-12H2,(H,27,28)(H,29,30)/t13-,14-,19?,20?/m0/s1. The van der Waals surface area contributed by atoms with Gasteiger partial charge in [-0.05, 0) is 22.9 Å². The first kappa shape index (κ1) is 27.7. The van der Waals surface area contributed by atoms with E-state index in [0.29, 0.717) is 23.0 Å². The summed E-state index contributed by atoms with van der Waals surface area (Å²) in [4.78, 5) is 54.2. The molecule has 0 saturated carbocycles. The van der Waals surface area contributed by atoms with Gasteiger partial charge in [0.05, 0.1) is 0 Å². The van der Waals surface area contributed by atoms with Crippen molar-refractivity contribution in [3.8, 4) is 0 Å². The topological polar surface area (TPSA) is 115 Å². The lowest BCUT2D eigenvalue weighted by molar-refractivity contribution is -0.149. The van der Waals surface area contributed by atoms with Gasteiger partial charge in [0.25, 0.3) is 0 Å². The molecule has 2 saturated heterocycles. The number of aliphatic carboxylic acids is 2. The largest absolute Gasteiger partial charge is 0.480 e. The molecule has 194 valence electrons. The highest BCUT2D eigenvalue weighted by Crippen LogP contribution is 2.45. The zero-order valence-corrected chi connectivity index (χ0v) is 23.8. The van der Waals surface area contributed by atoms with Crippen molar-refractivity contribution in [2.24, 2.45) is 0 Å². The second-order valence-corrected chi connectivity index (χ2v) is 14.7. The third-order valence-corrected chi connectivity index (χ3v) is 12.8. The van der Waals surface area contributed by atoms with Crippen LogP contribution in [0.15, 0.2) is 35.0 Å². The smallest absolute Gasteiger partial charge is 0.327 e. The van der Waals surface area contributed by atoms with Crippen molar-refractivity contribution >= 4 is 91.5 Å². The molecule has 4 heterocycles. The zero-order valence-electron chi connectivity index (χ0n) is 18.9. The average Bonchev–Trinajstić information content (AvgIpc) is 3.65. The maximum absolute atomic E-state index is 12.9. The quantitative estimate of drug-likeness (QED) is 0.276. The molecule has 2 N–H and O–H groups in total. The summed E-state index contributed by atoms with van der Waals surface area (Å²) in [7, 11) is 2.93. The second kappa shape index (κ2) is 13.0. The van der Waals surface area contributed by atoms with Crippen molar-refractivity contribution in [3.05, 3.63) is 44.8 Å². The van der Waals surface area contributed by atoms with Crippen LogP contribution in [0.2, 0.25) is 0 Å². The van der Waals surface area contributed by atoms with Crippen LogP contribution in [-0.2, 0) is 19.2 Å². The van der Waals surface area contributed by atoms with Crippen LogP contribution in [0, 0.1) is 0 Å². The van der Waals surface area contributed by atoms with E-state index in [1.165, 1.54) is 77.6 Å². The fourth-order valence-corrected chi connectivity index (χ4v) is 10.7. The molecular weight excluding hydrogens is 581 g/mol. The molecule has 2 amide bonds. The van der Waals surface area contributed by atoms with Crippen LogP contribution < -0.4 is 0 Å². The molecule has 8 nitrogen and oxygen atoms in total. The minimum Gasteiger partial charge on any atom is -0.480 e. The number of amides is 2. The van der Waals surface area contributed by atoms with Gasteiger partial charge in [0.1, 0.15) is 22.8 Å². The summed E-state index contributed by atoms with van der Waals surface area (Å²) in [5, 5.41) is 22.4. The van der Waals surface area contributed by atoms with E-state index in [9.17, 15) is 29.4 Å². The molecule has 2 aliphatic rings. The molecule has 2 fully saturated rings. The van der Waals surface area contributed by atoms with Gasteiger partial charge >= 0.3 is 11.9 Å². The van der Waals surface area contributed by atoms with E-state index >= 15 is 0 Å². The van der Waals surface area contributed by atoms with E-state index in [1.54, 1.807) is 0 Å². The lowest BCUT2D eigenvalue weighted by Crippen LogP contribution is -2.43. The summed E-state index contributed by atoms with van der Waals surface area (Å²) in [6, 6.07) is 5.97. The Labute approximate surface area is 233 Å². The van der Waals surface area contributed by atoms with Crippen molar-refractivity contribution < 1.29 is 29.4 Å². The summed E-state index contributed by atoms with van der Waals surface area (Å²) in [6.07, 6.45) is 0.421. The second-order valence-electron chi connectivity index (χ2n) is 7.86. The number of nitrogens with zero attached hydrogens (tertiary/aromatic N) is 2. The molecule has 2 aromatic rings. The van der Waals surface area contributed by atoms with Gasteiger partial charge in [0.2, 0.25) is 11.8 Å². The van der Waals surface area contributed by atoms with E-state index < -0.39 is 24.0 Å². The van der Waals surface area contributed by atoms with E-state index in [1.807, 2.05) is 35.0 Å². The maximum atomic E-state index is 12.9. The predicted octanol–water partition coefficient (Wildman–Crippen LogP) is 4.73. The van der Waals surface area contributed by atoms with Crippen molar-refractivity contribution in [1.82, 2.24) is 9.80 Å². The molecule has 0 bridgehead atoms. The average molecular weight is 605 g/mol. The Morgan fingerprint density at radius 3 is 1.53 bits per heavy atom. The Morgan fingerprint density at radius 1 is 0.778 bits per heavy atom. The minimum atomic E-state index is -0.990. The van der Waals surface area contributed by atoms with Crippen LogP contribution in [0.1, 0.15) is 33.3 Å². The molecule has 0 spiro atoms. The van der Waals surface area contributed by atoms with Crippen LogP contribution in [0.3, 0.4) is 0 Å². The third-order valence-electron chi connectivity index (χ3n) is 5.60. The van der Waals surface area contributed by atoms with Gasteiger partial charge in [-0.2, -0.15) is 0 Å². The lowest BCUT2D eigenvalue weighted by Gasteiger charge is -2.27. The lowest BCUT2D eigenvalue weighted by atomic mass is 10.2. The first-order valence-electron chi connectivity index (χ1n) is 11.0. The van der Waals surface area contributed by atoms with E-state index in [4.69, 9.17) is 0 Å². The molecule has 0 aliphatic carbocycles. The number of carboxylic acids is 2. The Kier molecular flexibility index (Phi) is 9.98. The molecule has 36 heavy (non-hydrogen) atoms. The van der Waals surface area contributed by atoms with Gasteiger partial charge in [0.15, 0.2) is 0 Å². The maximum Gasteiger partial charge on any atom is 0.327 e. The van der Waals surface area contributed by atoms with Crippen molar-refractivity contribution in [2.75, 3.05) is 23.0 Å². The SMILES string of the molecule is O=C(O)[C@@H]1CSC(c2cccs2)N1C(=O)CCSSCCC(=O)N1C(c2cccs2)SC[C@H]1C(=O)O. The van der Waals surface area contributed by atoms with Gasteiger partial charge in [0, 0.05) is 45.6 Å². The Hall–Kier alpha value is -1.32. The first-order chi connectivity index (χ1) is 17.4. The van der Waals surface area contributed by atoms with Crippen molar-refractivity contribution in [3.63, 3.8) is 0 Å². The molecule has 2 unspecified atom stereocenters. The number of carbonyl (C=O) groups is 4. The highest BCUT2D eigenvalue weighted by atomic mass is 33.1. The van der Waals surface area contributed by atoms with Crippen LogP contribution in [-0.4, -0.2) is 78.9 Å². The Balaban J connectivity index is 1.24.